The van der Waals surface area contributed by atoms with Crippen LogP contribution in [0.4, 0.5) is 29.1 Å². The number of alkyl halides is 3. The van der Waals surface area contributed by atoms with Gasteiger partial charge in [0.1, 0.15) is 35.7 Å². The summed E-state index contributed by atoms with van der Waals surface area (Å²) in [4.78, 5) is 28.4. The highest BCUT2D eigenvalue weighted by Gasteiger charge is 2.49. The van der Waals surface area contributed by atoms with Crippen molar-refractivity contribution in [1.82, 2.24) is 14.9 Å². The first-order chi connectivity index (χ1) is 21.2. The van der Waals surface area contributed by atoms with Gasteiger partial charge in [0.15, 0.2) is 0 Å². The maximum Gasteiger partial charge on any atom is 0.318 e. The van der Waals surface area contributed by atoms with Crippen LogP contribution in [-0.4, -0.2) is 76.3 Å². The molecule has 8 nitrogen and oxygen atoms in total. The minimum absolute atomic E-state index is 0.0448. The lowest BCUT2D eigenvalue weighted by Gasteiger charge is -2.37. The fraction of sp³-hybridized carbons (Fsp3) is 0.531. The van der Waals surface area contributed by atoms with Gasteiger partial charge >= 0.3 is 6.01 Å². The average Bonchev–Trinajstić information content (AvgIpc) is 3.65. The summed E-state index contributed by atoms with van der Waals surface area (Å²) in [5.74, 6) is -0.959. The van der Waals surface area contributed by atoms with Crippen molar-refractivity contribution in [2.45, 2.75) is 82.6 Å². The van der Waals surface area contributed by atoms with Crippen LogP contribution in [0, 0.1) is 5.82 Å². The lowest BCUT2D eigenvalue weighted by Crippen LogP contribution is -2.45. The van der Waals surface area contributed by atoms with Gasteiger partial charge in [0.05, 0.1) is 29.5 Å². The Balaban J connectivity index is 1.32. The van der Waals surface area contributed by atoms with Crippen molar-refractivity contribution < 1.29 is 32.2 Å². The number of hydrogen-bond acceptors (Lipinski definition) is 7. The number of benzene rings is 2. The van der Waals surface area contributed by atoms with Gasteiger partial charge in [0.25, 0.3) is 12.3 Å². The minimum atomic E-state index is -2.66. The highest BCUT2D eigenvalue weighted by Crippen LogP contribution is 2.43. The Morgan fingerprint density at radius 2 is 2.00 bits per heavy atom. The van der Waals surface area contributed by atoms with Crippen LogP contribution in [0.5, 0.6) is 11.8 Å². The third-order valence-corrected chi connectivity index (χ3v) is 9.83. The molecule has 0 saturated carbocycles. The molecule has 44 heavy (non-hydrogen) atoms. The summed E-state index contributed by atoms with van der Waals surface area (Å²) in [6.07, 6.45) is 0.324. The standard InChI is InChI=1S/C32H35F4N5O3/c1-2-21-22(34)8-7-18-12-20(42)13-25(26(18)21)41-16-23-27(30(41)43)29(40-11-4-3-6-24(40)28(35)36)38-31(37-23)44-17-32-9-5-10-39(32)15-19(33)14-32/h7-8,12-13,19,24,28,42H,2-6,9-11,14-17H2,1H3/t19-,24-,32+/m1/s1. The van der Waals surface area contributed by atoms with Crippen LogP contribution in [0.15, 0.2) is 24.3 Å². The number of anilines is 2. The molecule has 3 aromatic rings. The number of halogens is 4. The van der Waals surface area contributed by atoms with E-state index in [0.29, 0.717) is 59.9 Å². The Morgan fingerprint density at radius 3 is 2.80 bits per heavy atom. The highest BCUT2D eigenvalue weighted by atomic mass is 19.3. The van der Waals surface area contributed by atoms with Gasteiger partial charge in [0, 0.05) is 31.0 Å². The summed E-state index contributed by atoms with van der Waals surface area (Å²) in [5, 5.41) is 11.6. The molecule has 1 amide bonds. The van der Waals surface area contributed by atoms with E-state index in [1.54, 1.807) is 6.07 Å². The van der Waals surface area contributed by atoms with Gasteiger partial charge in [0.2, 0.25) is 0 Å². The van der Waals surface area contributed by atoms with E-state index in [0.717, 1.165) is 19.4 Å². The molecule has 5 heterocycles. The Bertz CT molecular complexity index is 1620. The van der Waals surface area contributed by atoms with Gasteiger partial charge in [-0.15, -0.1) is 0 Å². The molecule has 0 spiro atoms. The number of carbonyl (C=O) groups is 1. The predicted octanol–water partition coefficient (Wildman–Crippen LogP) is 5.78. The van der Waals surface area contributed by atoms with Crippen LogP contribution in [0.3, 0.4) is 0 Å². The van der Waals surface area contributed by atoms with E-state index in [1.807, 2.05) is 6.92 Å². The number of hydrogen-bond donors (Lipinski definition) is 1. The molecule has 0 aliphatic carbocycles. The van der Waals surface area contributed by atoms with Crippen molar-refractivity contribution in [3.8, 4) is 11.8 Å². The third kappa shape index (κ3) is 4.72. The van der Waals surface area contributed by atoms with Crippen molar-refractivity contribution in [3.05, 3.63) is 46.9 Å². The average molecular weight is 614 g/mol. The van der Waals surface area contributed by atoms with Gasteiger partial charge in [-0.2, -0.15) is 9.97 Å². The van der Waals surface area contributed by atoms with Crippen LogP contribution in [0.1, 0.15) is 67.1 Å². The van der Waals surface area contributed by atoms with Gasteiger partial charge in [-0.3, -0.25) is 9.69 Å². The van der Waals surface area contributed by atoms with E-state index >= 15 is 0 Å². The monoisotopic (exact) mass is 613 g/mol. The van der Waals surface area contributed by atoms with Crippen LogP contribution >= 0.6 is 0 Å². The first kappa shape index (κ1) is 29.1. The lowest BCUT2D eigenvalue weighted by molar-refractivity contribution is 0.0963. The van der Waals surface area contributed by atoms with E-state index in [-0.39, 0.29) is 49.3 Å². The maximum atomic E-state index is 14.9. The van der Waals surface area contributed by atoms with Crippen molar-refractivity contribution >= 4 is 28.2 Å². The fourth-order valence-corrected chi connectivity index (χ4v) is 7.79. The van der Waals surface area contributed by atoms with E-state index in [1.165, 1.54) is 28.0 Å². The Kier molecular flexibility index (Phi) is 7.30. The molecule has 12 heteroatoms. The quantitative estimate of drug-likeness (QED) is 0.339. The zero-order valence-electron chi connectivity index (χ0n) is 24.5. The molecule has 0 unspecified atom stereocenters. The molecule has 2 aromatic carbocycles. The summed E-state index contributed by atoms with van der Waals surface area (Å²) in [6.45, 7) is 3.33. The minimum Gasteiger partial charge on any atom is -0.508 e. The molecule has 1 N–H and O–H groups in total. The van der Waals surface area contributed by atoms with E-state index in [2.05, 4.69) is 14.9 Å². The number of amides is 1. The van der Waals surface area contributed by atoms with E-state index in [4.69, 9.17) is 4.74 Å². The number of aryl methyl sites for hydroxylation is 1. The van der Waals surface area contributed by atoms with E-state index < -0.39 is 35.9 Å². The summed E-state index contributed by atoms with van der Waals surface area (Å²) >= 11 is 0. The Labute approximate surface area is 252 Å². The number of carbonyl (C=O) groups excluding carboxylic acids is 1. The van der Waals surface area contributed by atoms with Crippen LogP contribution in [-0.2, 0) is 13.0 Å². The topological polar surface area (TPSA) is 82.0 Å². The molecule has 0 radical (unpaired) electrons. The number of piperidine rings is 1. The number of ether oxygens (including phenoxy) is 1. The van der Waals surface area contributed by atoms with Gasteiger partial charge in [-0.05, 0) is 68.2 Å². The van der Waals surface area contributed by atoms with Gasteiger partial charge < -0.3 is 19.6 Å². The predicted molar refractivity (Wildman–Crippen MR) is 157 cm³/mol. The zero-order chi connectivity index (χ0) is 30.7. The van der Waals surface area contributed by atoms with Gasteiger partial charge in [-0.1, -0.05) is 13.0 Å². The number of aromatic nitrogens is 2. The smallest absolute Gasteiger partial charge is 0.318 e. The normalized spacial score (nSPS) is 25.4. The van der Waals surface area contributed by atoms with Crippen LogP contribution < -0.4 is 14.5 Å². The van der Waals surface area contributed by atoms with Crippen molar-refractivity contribution in [3.63, 3.8) is 0 Å². The summed E-state index contributed by atoms with van der Waals surface area (Å²) in [6, 6.07) is 4.64. The number of fused-ring (bicyclic) bond motifs is 3. The Morgan fingerprint density at radius 1 is 1.16 bits per heavy atom. The molecule has 0 bridgehead atoms. The van der Waals surface area contributed by atoms with Gasteiger partial charge in [-0.25, -0.2) is 17.6 Å². The van der Waals surface area contributed by atoms with Crippen LogP contribution in [0.2, 0.25) is 0 Å². The summed E-state index contributed by atoms with van der Waals surface area (Å²) in [5.41, 5.74) is 0.628. The summed E-state index contributed by atoms with van der Waals surface area (Å²) < 4.78 is 64.1. The molecule has 1 aromatic heterocycles. The maximum absolute atomic E-state index is 14.9. The largest absolute Gasteiger partial charge is 0.508 e. The zero-order valence-corrected chi connectivity index (χ0v) is 24.5. The van der Waals surface area contributed by atoms with Crippen molar-refractivity contribution in [2.24, 2.45) is 0 Å². The lowest BCUT2D eigenvalue weighted by atomic mass is 9.95. The van der Waals surface area contributed by atoms with Crippen LogP contribution in [0.25, 0.3) is 10.8 Å². The second kappa shape index (κ2) is 11.0. The third-order valence-electron chi connectivity index (χ3n) is 9.83. The Hall–Kier alpha value is -3.67. The second-order valence-electron chi connectivity index (χ2n) is 12.4. The molecule has 3 saturated heterocycles. The molecule has 4 aliphatic rings. The molecule has 3 atom stereocenters. The number of rotatable bonds is 7. The highest BCUT2D eigenvalue weighted by molar-refractivity contribution is 6.16. The van der Waals surface area contributed by atoms with E-state index in [9.17, 15) is 27.5 Å². The first-order valence-corrected chi connectivity index (χ1v) is 15.4. The molecular formula is C32H35F4N5O3. The fourth-order valence-electron chi connectivity index (χ4n) is 7.79. The number of phenols is 1. The molecule has 4 aliphatic heterocycles. The molecule has 7 rings (SSSR count). The number of aromatic hydroxyl groups is 1. The second-order valence-corrected chi connectivity index (χ2v) is 12.4. The first-order valence-electron chi connectivity index (χ1n) is 15.4. The molecule has 3 fully saturated rings. The number of phenolic OH excluding ortho intramolecular Hbond substituents is 1. The molecular weight excluding hydrogens is 578 g/mol. The summed E-state index contributed by atoms with van der Waals surface area (Å²) in [7, 11) is 0. The van der Waals surface area contributed by atoms with Crippen molar-refractivity contribution in [1.29, 1.82) is 0 Å². The molecule has 234 valence electrons. The SMILES string of the molecule is CCc1c(F)ccc2cc(O)cc(N3Cc4nc(OC[C@@]56CCCN5C[C@H](F)C6)nc(N5CCCC[C@@H]5C(F)F)c4C3=O)c12. The number of nitrogens with zero attached hydrogens (tertiary/aromatic N) is 5. The van der Waals surface area contributed by atoms with Crippen molar-refractivity contribution in [2.75, 3.05) is 36.0 Å².